The van der Waals surface area contributed by atoms with Crippen molar-refractivity contribution in [1.82, 2.24) is 5.32 Å². The monoisotopic (exact) mass is 269 g/mol. The van der Waals surface area contributed by atoms with Gasteiger partial charge >= 0.3 is 5.97 Å². The molecule has 1 aromatic rings. The first-order valence-corrected chi connectivity index (χ1v) is 6.24. The number of nitrogens with one attached hydrogen (secondary N) is 1. The predicted molar refractivity (Wildman–Crippen MR) is 70.6 cm³/mol. The van der Waals surface area contributed by atoms with Crippen LogP contribution in [0.2, 0.25) is 0 Å². The van der Waals surface area contributed by atoms with E-state index in [-0.39, 0.29) is 18.3 Å². The standard InChI is InChI=1S/C14H20FNO3/c1-4-16-14(2,13(17)18-3)9-10-19-12-8-6-5-7-11(12)15/h5-8,16H,4,9-10H2,1-3H3. The van der Waals surface area contributed by atoms with Gasteiger partial charge in [-0.3, -0.25) is 4.79 Å². The first-order chi connectivity index (χ1) is 9.03. The SMILES string of the molecule is CCNC(C)(CCOc1ccccc1F)C(=O)OC. The minimum absolute atomic E-state index is 0.186. The largest absolute Gasteiger partial charge is 0.490 e. The van der Waals surface area contributed by atoms with Gasteiger partial charge in [0.1, 0.15) is 5.54 Å². The van der Waals surface area contributed by atoms with Crippen LogP contribution in [0.25, 0.3) is 0 Å². The van der Waals surface area contributed by atoms with Crippen LogP contribution in [0, 0.1) is 5.82 Å². The topological polar surface area (TPSA) is 47.6 Å². The lowest BCUT2D eigenvalue weighted by Crippen LogP contribution is -2.51. The molecule has 1 unspecified atom stereocenters. The maximum atomic E-state index is 13.4. The smallest absolute Gasteiger partial charge is 0.325 e. The Morgan fingerprint density at radius 1 is 1.42 bits per heavy atom. The van der Waals surface area contributed by atoms with Gasteiger partial charge < -0.3 is 14.8 Å². The van der Waals surface area contributed by atoms with Gasteiger partial charge in [-0.05, 0) is 25.6 Å². The minimum Gasteiger partial charge on any atom is -0.490 e. The number of benzene rings is 1. The Kier molecular flexibility index (Phi) is 5.76. The fourth-order valence-electron chi connectivity index (χ4n) is 1.80. The number of halogens is 1. The molecule has 0 aromatic heterocycles. The van der Waals surface area contributed by atoms with Gasteiger partial charge in [-0.2, -0.15) is 0 Å². The molecule has 0 saturated carbocycles. The predicted octanol–water partition coefficient (Wildman–Crippen LogP) is 2.14. The summed E-state index contributed by atoms with van der Waals surface area (Å²) in [5, 5.41) is 3.06. The maximum Gasteiger partial charge on any atom is 0.325 e. The molecule has 1 rings (SSSR count). The Labute approximate surface area is 112 Å². The minimum atomic E-state index is -0.825. The van der Waals surface area contributed by atoms with Crippen LogP contribution < -0.4 is 10.1 Å². The highest BCUT2D eigenvalue weighted by molar-refractivity contribution is 5.80. The summed E-state index contributed by atoms with van der Waals surface area (Å²) in [6.07, 6.45) is 0.391. The van der Waals surface area contributed by atoms with Gasteiger partial charge in [0.25, 0.3) is 0 Å². The van der Waals surface area contributed by atoms with Gasteiger partial charge in [0.05, 0.1) is 13.7 Å². The number of carbonyl (C=O) groups is 1. The first kappa shape index (κ1) is 15.4. The molecule has 0 heterocycles. The number of esters is 1. The van der Waals surface area contributed by atoms with Crippen LogP contribution >= 0.6 is 0 Å². The average molecular weight is 269 g/mol. The van der Waals surface area contributed by atoms with E-state index in [1.165, 1.54) is 13.2 Å². The van der Waals surface area contributed by atoms with Crippen molar-refractivity contribution in [3.63, 3.8) is 0 Å². The van der Waals surface area contributed by atoms with E-state index in [4.69, 9.17) is 9.47 Å². The first-order valence-electron chi connectivity index (χ1n) is 6.24. The molecule has 0 aliphatic carbocycles. The van der Waals surface area contributed by atoms with Gasteiger partial charge in [0.15, 0.2) is 11.6 Å². The Hall–Kier alpha value is -1.62. The highest BCUT2D eigenvalue weighted by atomic mass is 19.1. The van der Waals surface area contributed by atoms with E-state index < -0.39 is 11.4 Å². The molecule has 0 bridgehead atoms. The molecule has 0 aliphatic heterocycles. The van der Waals surface area contributed by atoms with Crippen LogP contribution in [-0.4, -0.2) is 31.8 Å². The van der Waals surface area contributed by atoms with E-state index in [1.54, 1.807) is 25.1 Å². The molecular formula is C14H20FNO3. The number of methoxy groups -OCH3 is 1. The third-order valence-corrected chi connectivity index (χ3v) is 2.90. The summed E-state index contributed by atoms with van der Waals surface area (Å²) in [4.78, 5) is 11.7. The van der Waals surface area contributed by atoms with E-state index in [0.29, 0.717) is 13.0 Å². The maximum absolute atomic E-state index is 13.4. The zero-order chi connectivity index (χ0) is 14.3. The molecule has 0 amide bonds. The normalized spacial score (nSPS) is 13.7. The number of para-hydroxylation sites is 1. The van der Waals surface area contributed by atoms with Crippen LogP contribution in [0.4, 0.5) is 4.39 Å². The van der Waals surface area contributed by atoms with E-state index in [9.17, 15) is 9.18 Å². The number of rotatable bonds is 7. The molecule has 0 fully saturated rings. The molecule has 0 aliphatic rings. The van der Waals surface area contributed by atoms with Crippen LogP contribution in [0.15, 0.2) is 24.3 Å². The van der Waals surface area contributed by atoms with Crippen molar-refractivity contribution in [2.45, 2.75) is 25.8 Å². The highest BCUT2D eigenvalue weighted by Gasteiger charge is 2.33. The molecule has 5 heteroatoms. The van der Waals surface area contributed by atoms with Gasteiger partial charge in [-0.25, -0.2) is 4.39 Å². The van der Waals surface area contributed by atoms with Crippen molar-refractivity contribution in [3.05, 3.63) is 30.1 Å². The number of likely N-dealkylation sites (N-methyl/N-ethyl adjacent to an activating group) is 1. The third kappa shape index (κ3) is 4.21. The van der Waals surface area contributed by atoms with Crippen LogP contribution in [0.1, 0.15) is 20.3 Å². The summed E-state index contributed by atoms with van der Waals surface area (Å²) in [7, 11) is 1.34. The van der Waals surface area contributed by atoms with E-state index in [2.05, 4.69) is 5.32 Å². The lowest BCUT2D eigenvalue weighted by Gasteiger charge is -2.27. The zero-order valence-corrected chi connectivity index (χ0v) is 11.5. The second kappa shape index (κ2) is 7.09. The number of hydrogen-bond donors (Lipinski definition) is 1. The zero-order valence-electron chi connectivity index (χ0n) is 11.5. The summed E-state index contributed by atoms with van der Waals surface area (Å²) >= 11 is 0. The molecule has 19 heavy (non-hydrogen) atoms. The van der Waals surface area contributed by atoms with Crippen molar-refractivity contribution in [2.24, 2.45) is 0 Å². The summed E-state index contributed by atoms with van der Waals surface area (Å²) < 4.78 is 23.5. The third-order valence-electron chi connectivity index (χ3n) is 2.90. The summed E-state index contributed by atoms with van der Waals surface area (Å²) in [6, 6.07) is 6.18. The van der Waals surface area contributed by atoms with Gasteiger partial charge in [0.2, 0.25) is 0 Å². The summed E-state index contributed by atoms with van der Waals surface area (Å²) in [5.74, 6) is -0.580. The lowest BCUT2D eigenvalue weighted by molar-refractivity contribution is -0.148. The second-order valence-corrected chi connectivity index (χ2v) is 4.38. The van der Waals surface area contributed by atoms with E-state index >= 15 is 0 Å². The summed E-state index contributed by atoms with van der Waals surface area (Å²) in [6.45, 7) is 4.50. The van der Waals surface area contributed by atoms with Crippen LogP contribution in [0.3, 0.4) is 0 Å². The van der Waals surface area contributed by atoms with Crippen molar-refractivity contribution in [2.75, 3.05) is 20.3 Å². The molecular weight excluding hydrogens is 249 g/mol. The van der Waals surface area contributed by atoms with E-state index in [1.807, 2.05) is 6.92 Å². The number of hydrogen-bond acceptors (Lipinski definition) is 4. The Bertz CT molecular complexity index is 425. The molecule has 106 valence electrons. The highest BCUT2D eigenvalue weighted by Crippen LogP contribution is 2.18. The molecule has 1 N–H and O–H groups in total. The number of carbonyl (C=O) groups excluding carboxylic acids is 1. The number of ether oxygens (including phenoxy) is 2. The van der Waals surface area contributed by atoms with Gasteiger partial charge in [-0.1, -0.05) is 19.1 Å². The van der Waals surface area contributed by atoms with Crippen LogP contribution in [0.5, 0.6) is 5.75 Å². The molecule has 4 nitrogen and oxygen atoms in total. The second-order valence-electron chi connectivity index (χ2n) is 4.38. The Morgan fingerprint density at radius 2 is 2.11 bits per heavy atom. The lowest BCUT2D eigenvalue weighted by atomic mass is 9.98. The molecule has 0 saturated heterocycles. The Balaban J connectivity index is 2.58. The van der Waals surface area contributed by atoms with Crippen LogP contribution in [-0.2, 0) is 9.53 Å². The molecule has 1 atom stereocenters. The van der Waals surface area contributed by atoms with Crippen molar-refractivity contribution in [3.8, 4) is 5.75 Å². The van der Waals surface area contributed by atoms with Crippen molar-refractivity contribution in [1.29, 1.82) is 0 Å². The fourth-order valence-corrected chi connectivity index (χ4v) is 1.80. The average Bonchev–Trinajstić information content (AvgIpc) is 2.40. The van der Waals surface area contributed by atoms with Crippen molar-refractivity contribution < 1.29 is 18.7 Å². The van der Waals surface area contributed by atoms with Gasteiger partial charge in [0, 0.05) is 6.42 Å². The van der Waals surface area contributed by atoms with Crippen molar-refractivity contribution >= 4 is 5.97 Å². The molecule has 1 aromatic carbocycles. The summed E-state index contributed by atoms with van der Waals surface area (Å²) in [5.41, 5.74) is -0.825. The Morgan fingerprint density at radius 3 is 2.68 bits per heavy atom. The fraction of sp³-hybridized carbons (Fsp3) is 0.500. The van der Waals surface area contributed by atoms with E-state index in [0.717, 1.165) is 0 Å². The van der Waals surface area contributed by atoms with Gasteiger partial charge in [-0.15, -0.1) is 0 Å². The molecule has 0 spiro atoms. The quantitative estimate of drug-likeness (QED) is 0.770. The molecule has 0 radical (unpaired) electrons.